The zero-order valence-corrected chi connectivity index (χ0v) is 19.4. The van der Waals surface area contributed by atoms with E-state index in [-0.39, 0.29) is 18.2 Å². The molecular formula is C25H38N2O5. The molecule has 7 heteroatoms. The number of aliphatic carboxylic acids is 1. The average molecular weight is 447 g/mol. The fraction of sp³-hybridized carbons (Fsp3) is 0.640. The van der Waals surface area contributed by atoms with Crippen molar-refractivity contribution in [1.29, 1.82) is 0 Å². The van der Waals surface area contributed by atoms with E-state index in [1.165, 1.54) is 25.7 Å². The number of carbonyl (C=O) groups is 3. The summed E-state index contributed by atoms with van der Waals surface area (Å²) in [5.74, 6) is 0.547. The first-order valence-electron chi connectivity index (χ1n) is 11.8. The number of ether oxygens (including phenoxy) is 1. The van der Waals surface area contributed by atoms with Gasteiger partial charge in [-0.05, 0) is 42.4 Å². The Morgan fingerprint density at radius 3 is 2.41 bits per heavy atom. The van der Waals surface area contributed by atoms with Crippen LogP contribution in [0, 0.1) is 11.8 Å². The van der Waals surface area contributed by atoms with E-state index in [1.54, 1.807) is 12.1 Å². The van der Waals surface area contributed by atoms with Gasteiger partial charge in [-0.15, -0.1) is 0 Å². The topological polar surface area (TPSA) is 105 Å². The Morgan fingerprint density at radius 1 is 1.09 bits per heavy atom. The molecule has 1 atom stereocenters. The highest BCUT2D eigenvalue weighted by atomic mass is 16.5. The highest BCUT2D eigenvalue weighted by Gasteiger charge is 2.22. The van der Waals surface area contributed by atoms with E-state index < -0.39 is 12.0 Å². The van der Waals surface area contributed by atoms with Crippen LogP contribution in [0.2, 0.25) is 0 Å². The van der Waals surface area contributed by atoms with E-state index in [2.05, 4.69) is 10.6 Å². The van der Waals surface area contributed by atoms with Crippen LogP contribution in [0.25, 0.3) is 0 Å². The van der Waals surface area contributed by atoms with Gasteiger partial charge >= 0.3 is 5.97 Å². The molecule has 7 nitrogen and oxygen atoms in total. The van der Waals surface area contributed by atoms with Gasteiger partial charge in [0.2, 0.25) is 11.8 Å². The van der Waals surface area contributed by atoms with Crippen LogP contribution in [-0.4, -0.2) is 42.1 Å². The van der Waals surface area contributed by atoms with Gasteiger partial charge in [0, 0.05) is 25.8 Å². The maximum absolute atomic E-state index is 12.7. The fourth-order valence-corrected chi connectivity index (χ4v) is 3.91. The van der Waals surface area contributed by atoms with E-state index in [9.17, 15) is 14.4 Å². The van der Waals surface area contributed by atoms with Crippen LogP contribution >= 0.6 is 0 Å². The second-order valence-electron chi connectivity index (χ2n) is 9.14. The van der Waals surface area contributed by atoms with Crippen LogP contribution in [0.1, 0.15) is 70.8 Å². The molecule has 0 bridgehead atoms. The lowest BCUT2D eigenvalue weighted by atomic mass is 10.0. The Bertz CT molecular complexity index is 726. The quantitative estimate of drug-likeness (QED) is 0.378. The molecule has 0 spiro atoms. The Hall–Kier alpha value is -2.57. The number of benzene rings is 1. The van der Waals surface area contributed by atoms with E-state index in [1.807, 2.05) is 26.0 Å². The van der Waals surface area contributed by atoms with Crippen molar-refractivity contribution < 1.29 is 24.2 Å². The highest BCUT2D eigenvalue weighted by molar-refractivity contribution is 5.87. The maximum atomic E-state index is 12.7. The minimum atomic E-state index is -0.837. The lowest BCUT2D eigenvalue weighted by molar-refractivity contribution is -0.137. The number of rotatable bonds is 14. The molecule has 1 unspecified atom stereocenters. The molecule has 3 N–H and O–H groups in total. The lowest BCUT2D eigenvalue weighted by Crippen LogP contribution is -2.48. The summed E-state index contributed by atoms with van der Waals surface area (Å²) in [6.07, 6.45) is 7.19. The summed E-state index contributed by atoms with van der Waals surface area (Å²) in [6, 6.07) is 6.74. The largest absolute Gasteiger partial charge is 0.494 e. The highest BCUT2D eigenvalue weighted by Crippen LogP contribution is 2.28. The summed E-state index contributed by atoms with van der Waals surface area (Å²) in [4.78, 5) is 35.8. The van der Waals surface area contributed by atoms with Gasteiger partial charge in [0.1, 0.15) is 11.8 Å². The van der Waals surface area contributed by atoms with Crippen molar-refractivity contribution in [3.63, 3.8) is 0 Å². The van der Waals surface area contributed by atoms with Crippen molar-refractivity contribution in [3.05, 3.63) is 29.8 Å². The molecule has 1 aliphatic carbocycles. The summed E-state index contributed by atoms with van der Waals surface area (Å²) in [5.41, 5.74) is 0.920. The van der Waals surface area contributed by atoms with Crippen molar-refractivity contribution in [2.45, 2.75) is 77.7 Å². The van der Waals surface area contributed by atoms with Crippen molar-refractivity contribution in [1.82, 2.24) is 10.6 Å². The standard InChI is InChI=1S/C25H38N2O5/c1-18(2)17-26-25(31)22(27-23(28)14-11-19-6-3-4-7-19)16-20-9-12-21(13-10-20)32-15-5-8-24(29)30/h9-10,12-13,18-19,22H,3-8,11,14-17H2,1-2H3,(H,26,31)(H,27,28)(H,29,30). The molecule has 0 radical (unpaired) electrons. The van der Waals surface area contributed by atoms with Crippen LogP contribution in [0.3, 0.4) is 0 Å². The number of carboxylic acids is 1. The molecular weight excluding hydrogens is 408 g/mol. The van der Waals surface area contributed by atoms with Gasteiger partial charge < -0.3 is 20.5 Å². The van der Waals surface area contributed by atoms with E-state index >= 15 is 0 Å². The second-order valence-corrected chi connectivity index (χ2v) is 9.14. The molecule has 1 fully saturated rings. The first kappa shape index (κ1) is 25.7. The van der Waals surface area contributed by atoms with E-state index in [0.717, 1.165) is 12.0 Å². The number of amides is 2. The molecule has 0 aliphatic heterocycles. The van der Waals surface area contributed by atoms with Gasteiger partial charge in [-0.2, -0.15) is 0 Å². The van der Waals surface area contributed by atoms with Crippen LogP contribution < -0.4 is 15.4 Å². The van der Waals surface area contributed by atoms with Crippen molar-refractivity contribution >= 4 is 17.8 Å². The predicted octanol–water partition coefficient (Wildman–Crippen LogP) is 3.70. The summed E-state index contributed by atoms with van der Waals surface area (Å²) in [5, 5.41) is 14.6. The molecule has 32 heavy (non-hydrogen) atoms. The van der Waals surface area contributed by atoms with Gasteiger partial charge in [0.05, 0.1) is 6.61 Å². The van der Waals surface area contributed by atoms with Gasteiger partial charge in [0.15, 0.2) is 0 Å². The number of hydrogen-bond acceptors (Lipinski definition) is 4. The maximum Gasteiger partial charge on any atom is 0.303 e. The molecule has 0 saturated heterocycles. The van der Waals surface area contributed by atoms with Crippen LogP contribution in [0.5, 0.6) is 5.75 Å². The van der Waals surface area contributed by atoms with Crippen molar-refractivity contribution in [2.75, 3.05) is 13.2 Å². The molecule has 0 heterocycles. The molecule has 2 amide bonds. The van der Waals surface area contributed by atoms with E-state index in [4.69, 9.17) is 9.84 Å². The Labute approximate surface area is 191 Å². The summed E-state index contributed by atoms with van der Waals surface area (Å²) < 4.78 is 5.56. The molecule has 1 aromatic carbocycles. The zero-order chi connectivity index (χ0) is 23.3. The molecule has 1 saturated carbocycles. The van der Waals surface area contributed by atoms with Gasteiger partial charge in [-0.25, -0.2) is 0 Å². The van der Waals surface area contributed by atoms with E-state index in [0.29, 0.717) is 50.0 Å². The van der Waals surface area contributed by atoms with Gasteiger partial charge in [-0.1, -0.05) is 51.7 Å². The van der Waals surface area contributed by atoms with Crippen molar-refractivity contribution in [3.8, 4) is 5.75 Å². The smallest absolute Gasteiger partial charge is 0.303 e. The fourth-order valence-electron chi connectivity index (χ4n) is 3.91. The first-order chi connectivity index (χ1) is 15.3. The normalized spacial score (nSPS) is 14.8. The number of carboxylic acid groups (broad SMARTS) is 1. The van der Waals surface area contributed by atoms with Crippen molar-refractivity contribution in [2.24, 2.45) is 11.8 Å². The second kappa shape index (κ2) is 13.8. The number of carbonyl (C=O) groups excluding carboxylic acids is 2. The Balaban J connectivity index is 1.90. The number of hydrogen-bond donors (Lipinski definition) is 3. The third-order valence-corrected chi connectivity index (χ3v) is 5.76. The molecule has 1 aromatic rings. The molecule has 1 aliphatic rings. The van der Waals surface area contributed by atoms with Gasteiger partial charge in [0.25, 0.3) is 0 Å². The summed E-state index contributed by atoms with van der Waals surface area (Å²) in [6.45, 7) is 4.97. The lowest BCUT2D eigenvalue weighted by Gasteiger charge is -2.20. The summed E-state index contributed by atoms with van der Waals surface area (Å²) >= 11 is 0. The third-order valence-electron chi connectivity index (χ3n) is 5.76. The average Bonchev–Trinajstić information content (AvgIpc) is 3.28. The van der Waals surface area contributed by atoms with Gasteiger partial charge in [-0.3, -0.25) is 14.4 Å². The SMILES string of the molecule is CC(C)CNC(=O)C(Cc1ccc(OCCCC(=O)O)cc1)NC(=O)CCC1CCCC1. The summed E-state index contributed by atoms with van der Waals surface area (Å²) in [7, 11) is 0. The minimum absolute atomic E-state index is 0.0695. The van der Waals surface area contributed by atoms with Crippen LogP contribution in [0.4, 0.5) is 0 Å². The zero-order valence-electron chi connectivity index (χ0n) is 19.4. The Kier molecular flexibility index (Phi) is 11.0. The Morgan fingerprint density at radius 2 is 1.78 bits per heavy atom. The number of nitrogens with one attached hydrogen (secondary N) is 2. The molecule has 178 valence electrons. The van der Waals surface area contributed by atoms with Crippen LogP contribution in [-0.2, 0) is 20.8 Å². The minimum Gasteiger partial charge on any atom is -0.494 e. The first-order valence-corrected chi connectivity index (χ1v) is 11.8. The third kappa shape index (κ3) is 10.2. The molecule has 2 rings (SSSR count). The van der Waals surface area contributed by atoms with Crippen LogP contribution in [0.15, 0.2) is 24.3 Å². The monoisotopic (exact) mass is 446 g/mol. The molecule has 0 aromatic heterocycles. The predicted molar refractivity (Wildman–Crippen MR) is 123 cm³/mol.